The lowest BCUT2D eigenvalue weighted by atomic mass is 10.2. The van der Waals surface area contributed by atoms with E-state index < -0.39 is 0 Å². The van der Waals surface area contributed by atoms with Gasteiger partial charge in [-0.2, -0.15) is 5.10 Å². The molecule has 0 aliphatic carbocycles. The summed E-state index contributed by atoms with van der Waals surface area (Å²) < 4.78 is 1.38. The minimum Gasteiger partial charge on any atom is -0.378 e. The summed E-state index contributed by atoms with van der Waals surface area (Å²) in [5, 5.41) is 6.36. The van der Waals surface area contributed by atoms with Crippen molar-refractivity contribution in [3.63, 3.8) is 0 Å². The Labute approximate surface area is 139 Å². The van der Waals surface area contributed by atoms with Crippen LogP contribution in [-0.4, -0.2) is 29.8 Å². The molecule has 0 spiro atoms. The van der Waals surface area contributed by atoms with Crippen LogP contribution in [0.4, 0.5) is 5.69 Å². The zero-order chi connectivity index (χ0) is 16.2. The first-order valence-electron chi connectivity index (χ1n) is 7.23. The molecule has 0 aliphatic heterocycles. The van der Waals surface area contributed by atoms with Gasteiger partial charge in [0, 0.05) is 36.4 Å². The fourth-order valence-electron chi connectivity index (χ4n) is 2.14. The summed E-state index contributed by atoms with van der Waals surface area (Å²) in [6, 6.07) is 13.4. The van der Waals surface area contributed by atoms with Crippen LogP contribution in [0.1, 0.15) is 20.9 Å². The Kier molecular flexibility index (Phi) is 4.39. The minimum atomic E-state index is -0.135. The van der Waals surface area contributed by atoms with Crippen LogP contribution in [0.5, 0.6) is 0 Å². The Morgan fingerprint density at radius 1 is 1.17 bits per heavy atom. The molecular formula is C18H17N3OS. The molecule has 0 atom stereocenters. The quantitative estimate of drug-likeness (QED) is 0.731. The number of thiophene rings is 1. The topological polar surface area (TPSA) is 38.1 Å². The van der Waals surface area contributed by atoms with E-state index in [1.807, 2.05) is 72.9 Å². The van der Waals surface area contributed by atoms with Crippen molar-refractivity contribution in [2.45, 2.75) is 0 Å². The van der Waals surface area contributed by atoms with E-state index in [4.69, 9.17) is 0 Å². The second-order valence-electron chi connectivity index (χ2n) is 5.28. The lowest BCUT2D eigenvalue weighted by Gasteiger charge is -2.13. The van der Waals surface area contributed by atoms with Gasteiger partial charge in [0.25, 0.3) is 5.91 Å². The van der Waals surface area contributed by atoms with E-state index in [1.54, 1.807) is 23.6 Å². The highest BCUT2D eigenvalue weighted by atomic mass is 32.1. The van der Waals surface area contributed by atoms with Crippen LogP contribution in [0.25, 0.3) is 12.2 Å². The number of nitrogens with zero attached hydrogens (tertiary/aromatic N) is 3. The summed E-state index contributed by atoms with van der Waals surface area (Å²) in [6.07, 6.45) is 5.60. The summed E-state index contributed by atoms with van der Waals surface area (Å²) in [5.74, 6) is -0.135. The molecular weight excluding hydrogens is 306 g/mol. The van der Waals surface area contributed by atoms with Crippen LogP contribution in [0.2, 0.25) is 0 Å². The second-order valence-corrected chi connectivity index (χ2v) is 6.26. The van der Waals surface area contributed by atoms with Crippen molar-refractivity contribution >= 4 is 35.1 Å². The van der Waals surface area contributed by atoms with Gasteiger partial charge in [-0.15, -0.1) is 11.3 Å². The maximum Gasteiger partial charge on any atom is 0.278 e. The average Bonchev–Trinajstić information content (AvgIpc) is 3.24. The third-order valence-electron chi connectivity index (χ3n) is 3.39. The van der Waals surface area contributed by atoms with Crippen molar-refractivity contribution < 1.29 is 4.79 Å². The van der Waals surface area contributed by atoms with Crippen molar-refractivity contribution in [1.82, 2.24) is 9.78 Å². The van der Waals surface area contributed by atoms with Gasteiger partial charge in [-0.3, -0.25) is 4.79 Å². The van der Waals surface area contributed by atoms with Gasteiger partial charge in [0.2, 0.25) is 0 Å². The molecule has 0 fully saturated rings. The van der Waals surface area contributed by atoms with Gasteiger partial charge >= 0.3 is 0 Å². The summed E-state index contributed by atoms with van der Waals surface area (Å²) in [6.45, 7) is 0. The fraction of sp³-hybridized carbons (Fsp3) is 0.111. The number of carbonyl (C=O) groups excluding carboxylic acids is 1. The third kappa shape index (κ3) is 3.57. The molecule has 1 aromatic carbocycles. The Morgan fingerprint density at radius 2 is 2.04 bits per heavy atom. The third-order valence-corrected chi connectivity index (χ3v) is 4.23. The molecule has 0 aliphatic rings. The highest BCUT2D eigenvalue weighted by Gasteiger charge is 2.10. The van der Waals surface area contributed by atoms with Crippen LogP contribution in [0.15, 0.2) is 54.0 Å². The zero-order valence-electron chi connectivity index (χ0n) is 13.0. The Morgan fingerprint density at radius 3 is 2.78 bits per heavy atom. The van der Waals surface area contributed by atoms with E-state index in [0.717, 1.165) is 16.3 Å². The summed E-state index contributed by atoms with van der Waals surface area (Å²) in [5.41, 5.74) is 2.37. The fourth-order valence-corrected chi connectivity index (χ4v) is 2.76. The molecule has 0 radical (unpaired) electrons. The molecule has 0 bridgehead atoms. The van der Waals surface area contributed by atoms with Crippen molar-refractivity contribution in [2.75, 3.05) is 19.0 Å². The number of anilines is 1. The van der Waals surface area contributed by atoms with Crippen LogP contribution in [-0.2, 0) is 0 Å². The monoisotopic (exact) mass is 323 g/mol. The molecule has 116 valence electrons. The number of hydrogen-bond acceptors (Lipinski definition) is 4. The maximum absolute atomic E-state index is 12.5. The normalized spacial score (nSPS) is 11.0. The predicted molar refractivity (Wildman–Crippen MR) is 96.0 cm³/mol. The molecule has 0 unspecified atom stereocenters. The maximum atomic E-state index is 12.5. The highest BCUT2D eigenvalue weighted by Crippen LogP contribution is 2.15. The Hall–Kier alpha value is -2.66. The van der Waals surface area contributed by atoms with E-state index in [2.05, 4.69) is 5.10 Å². The summed E-state index contributed by atoms with van der Waals surface area (Å²) in [4.78, 5) is 15.7. The van der Waals surface area contributed by atoms with Gasteiger partial charge in [-0.25, -0.2) is 4.68 Å². The smallest absolute Gasteiger partial charge is 0.278 e. The van der Waals surface area contributed by atoms with Crippen molar-refractivity contribution in [3.05, 3.63) is 70.2 Å². The first-order chi connectivity index (χ1) is 11.1. The molecule has 0 saturated heterocycles. The van der Waals surface area contributed by atoms with Crippen molar-refractivity contribution in [1.29, 1.82) is 0 Å². The molecule has 2 heterocycles. The predicted octanol–water partition coefficient (Wildman–Crippen LogP) is 3.87. The molecule has 2 aromatic heterocycles. The van der Waals surface area contributed by atoms with E-state index in [1.165, 1.54) is 4.68 Å². The van der Waals surface area contributed by atoms with E-state index in [9.17, 15) is 4.79 Å². The number of carbonyl (C=O) groups is 1. The number of benzene rings is 1. The second kappa shape index (κ2) is 6.62. The molecule has 3 aromatic rings. The molecule has 3 rings (SSSR count). The average molecular weight is 323 g/mol. The minimum absolute atomic E-state index is 0.135. The van der Waals surface area contributed by atoms with Crippen LogP contribution < -0.4 is 4.90 Å². The largest absolute Gasteiger partial charge is 0.378 e. The molecule has 0 N–H and O–H groups in total. The lowest BCUT2D eigenvalue weighted by molar-refractivity contribution is 0.0945. The van der Waals surface area contributed by atoms with E-state index in [-0.39, 0.29) is 5.91 Å². The SMILES string of the molecule is CN(C)c1cccc(C(=O)n2ccc(C=Cc3cccs3)n2)c1. The Balaban J connectivity index is 1.80. The molecule has 23 heavy (non-hydrogen) atoms. The highest BCUT2D eigenvalue weighted by molar-refractivity contribution is 7.10. The van der Waals surface area contributed by atoms with Crippen LogP contribution >= 0.6 is 11.3 Å². The first-order valence-corrected chi connectivity index (χ1v) is 8.11. The van der Waals surface area contributed by atoms with Gasteiger partial charge in [-0.1, -0.05) is 12.1 Å². The summed E-state index contributed by atoms with van der Waals surface area (Å²) in [7, 11) is 3.90. The van der Waals surface area contributed by atoms with E-state index >= 15 is 0 Å². The van der Waals surface area contributed by atoms with E-state index in [0.29, 0.717) is 5.56 Å². The molecule has 0 saturated carbocycles. The molecule has 5 heteroatoms. The van der Waals surface area contributed by atoms with Gasteiger partial charge in [-0.05, 0) is 47.9 Å². The van der Waals surface area contributed by atoms with Crippen LogP contribution in [0, 0.1) is 0 Å². The lowest BCUT2D eigenvalue weighted by Crippen LogP contribution is -2.14. The van der Waals surface area contributed by atoms with Gasteiger partial charge in [0.15, 0.2) is 0 Å². The van der Waals surface area contributed by atoms with Gasteiger partial charge in [0.1, 0.15) is 0 Å². The van der Waals surface area contributed by atoms with Crippen LogP contribution in [0.3, 0.4) is 0 Å². The molecule has 0 amide bonds. The van der Waals surface area contributed by atoms with Gasteiger partial charge < -0.3 is 4.90 Å². The first kappa shape index (κ1) is 15.2. The molecule has 4 nitrogen and oxygen atoms in total. The standard InChI is InChI=1S/C18H17N3OS/c1-20(2)16-6-3-5-14(13-16)18(22)21-11-10-15(19-21)8-9-17-7-4-12-23-17/h3-13H,1-2H3. The number of hydrogen-bond donors (Lipinski definition) is 0. The summed E-state index contributed by atoms with van der Waals surface area (Å²) >= 11 is 1.66. The number of rotatable bonds is 4. The zero-order valence-corrected chi connectivity index (χ0v) is 13.8. The number of aromatic nitrogens is 2. The van der Waals surface area contributed by atoms with Gasteiger partial charge in [0.05, 0.1) is 5.69 Å². The van der Waals surface area contributed by atoms with Crippen molar-refractivity contribution in [2.24, 2.45) is 0 Å². The van der Waals surface area contributed by atoms with Crippen molar-refractivity contribution in [3.8, 4) is 0 Å². The Bertz CT molecular complexity index is 832.